The highest BCUT2D eigenvalue weighted by atomic mass is 16.6. The van der Waals surface area contributed by atoms with Crippen molar-refractivity contribution in [3.05, 3.63) is 34.0 Å². The highest BCUT2D eigenvalue weighted by molar-refractivity contribution is 5.65. The number of allylic oxidation sites excluding steroid dienone is 4. The Morgan fingerprint density at radius 2 is 2.24 bits per heavy atom. The molecule has 0 aromatic rings. The van der Waals surface area contributed by atoms with Crippen LogP contribution in [0.2, 0.25) is 0 Å². The van der Waals surface area contributed by atoms with Crippen LogP contribution in [-0.2, 0) is 4.79 Å². The summed E-state index contributed by atoms with van der Waals surface area (Å²) in [6.07, 6.45) is 4.58. The molecule has 17 heavy (non-hydrogen) atoms. The molecular formula is C11H15NO5. The van der Waals surface area contributed by atoms with Gasteiger partial charge in [0.15, 0.2) is 5.79 Å². The van der Waals surface area contributed by atoms with E-state index in [9.17, 15) is 25.1 Å². The zero-order valence-electron chi connectivity index (χ0n) is 9.66. The van der Waals surface area contributed by atoms with Crippen LogP contribution in [0.15, 0.2) is 23.9 Å². The normalized spacial score (nSPS) is 26.2. The minimum absolute atomic E-state index is 0.115. The molecule has 0 amide bonds. The Hall–Kier alpha value is -1.53. The third-order valence-corrected chi connectivity index (χ3v) is 3.26. The molecule has 6 heteroatoms. The van der Waals surface area contributed by atoms with Gasteiger partial charge in [0, 0.05) is 12.0 Å². The molecule has 0 fully saturated rings. The highest BCUT2D eigenvalue weighted by Crippen LogP contribution is 2.41. The van der Waals surface area contributed by atoms with Crippen molar-refractivity contribution in [2.45, 2.75) is 26.1 Å². The molecule has 0 saturated heterocycles. The quantitative estimate of drug-likeness (QED) is 0.325. The van der Waals surface area contributed by atoms with Gasteiger partial charge in [0.2, 0.25) is 5.70 Å². The van der Waals surface area contributed by atoms with E-state index < -0.39 is 22.0 Å². The summed E-state index contributed by atoms with van der Waals surface area (Å²) >= 11 is 0. The second-order valence-electron chi connectivity index (χ2n) is 4.50. The van der Waals surface area contributed by atoms with Gasteiger partial charge < -0.3 is 15.0 Å². The Morgan fingerprint density at radius 1 is 1.65 bits per heavy atom. The molecule has 0 spiro atoms. The van der Waals surface area contributed by atoms with E-state index in [1.807, 2.05) is 0 Å². The molecule has 1 aliphatic rings. The summed E-state index contributed by atoms with van der Waals surface area (Å²) in [6.45, 7) is 2.63. The number of nitro groups is 1. The van der Waals surface area contributed by atoms with E-state index in [0.29, 0.717) is 6.29 Å². The summed E-state index contributed by atoms with van der Waals surface area (Å²) in [7, 11) is 0. The van der Waals surface area contributed by atoms with Gasteiger partial charge in [-0.15, -0.1) is 0 Å². The lowest BCUT2D eigenvalue weighted by atomic mass is 9.69. The third kappa shape index (κ3) is 2.59. The molecule has 0 aromatic carbocycles. The van der Waals surface area contributed by atoms with Gasteiger partial charge in [-0.1, -0.05) is 19.1 Å². The van der Waals surface area contributed by atoms with Crippen LogP contribution in [0.1, 0.15) is 20.3 Å². The van der Waals surface area contributed by atoms with Crippen LogP contribution < -0.4 is 0 Å². The Labute approximate surface area is 98.4 Å². The minimum atomic E-state index is -2.08. The van der Waals surface area contributed by atoms with Crippen molar-refractivity contribution < 1.29 is 19.9 Å². The molecule has 0 heterocycles. The van der Waals surface area contributed by atoms with Crippen molar-refractivity contribution in [3.8, 4) is 0 Å². The Morgan fingerprint density at radius 3 is 2.65 bits per heavy atom. The summed E-state index contributed by atoms with van der Waals surface area (Å²) in [6, 6.07) is 0. The second kappa shape index (κ2) is 4.38. The molecule has 2 atom stereocenters. The number of carbonyl (C=O) groups excluding carboxylic acids is 1. The van der Waals surface area contributed by atoms with Crippen molar-refractivity contribution in [2.75, 3.05) is 0 Å². The van der Waals surface area contributed by atoms with E-state index >= 15 is 0 Å². The molecule has 0 unspecified atom stereocenters. The van der Waals surface area contributed by atoms with Crippen molar-refractivity contribution >= 4 is 6.29 Å². The highest BCUT2D eigenvalue weighted by Gasteiger charge is 2.46. The topological polar surface area (TPSA) is 101 Å². The summed E-state index contributed by atoms with van der Waals surface area (Å²) in [5.74, 6) is -2.93. The fourth-order valence-electron chi connectivity index (χ4n) is 1.88. The van der Waals surface area contributed by atoms with E-state index in [1.54, 1.807) is 0 Å². The van der Waals surface area contributed by atoms with Crippen LogP contribution in [0.3, 0.4) is 0 Å². The van der Waals surface area contributed by atoms with Gasteiger partial charge in [0.25, 0.3) is 0 Å². The summed E-state index contributed by atoms with van der Waals surface area (Å²) in [5, 5.41) is 29.8. The van der Waals surface area contributed by atoms with Gasteiger partial charge in [0.05, 0.1) is 16.8 Å². The van der Waals surface area contributed by atoms with Gasteiger partial charge in [-0.05, 0) is 6.92 Å². The van der Waals surface area contributed by atoms with E-state index in [2.05, 4.69) is 0 Å². The minimum Gasteiger partial charge on any atom is -0.366 e. The fraction of sp³-hybridized carbons (Fsp3) is 0.545. The maximum atomic E-state index is 11.2. The molecule has 0 saturated carbocycles. The number of hydrogen-bond acceptors (Lipinski definition) is 5. The van der Waals surface area contributed by atoms with Gasteiger partial charge in [-0.3, -0.25) is 10.1 Å². The smallest absolute Gasteiger partial charge is 0.247 e. The predicted molar refractivity (Wildman–Crippen MR) is 59.3 cm³/mol. The van der Waals surface area contributed by atoms with Crippen LogP contribution in [0, 0.1) is 21.4 Å². The number of carbonyl (C=O) groups is 1. The molecule has 1 rings (SSSR count). The van der Waals surface area contributed by atoms with Gasteiger partial charge in [0.1, 0.15) is 6.29 Å². The van der Waals surface area contributed by atoms with E-state index in [4.69, 9.17) is 0 Å². The molecule has 6 nitrogen and oxygen atoms in total. The maximum absolute atomic E-state index is 11.2. The third-order valence-electron chi connectivity index (χ3n) is 3.26. The van der Waals surface area contributed by atoms with Crippen molar-refractivity contribution in [2.24, 2.45) is 11.3 Å². The first-order valence-corrected chi connectivity index (χ1v) is 5.17. The molecule has 0 aromatic heterocycles. The number of aldehydes is 1. The number of nitrogens with zero attached hydrogens (tertiary/aromatic N) is 1. The zero-order chi connectivity index (χ0) is 13.3. The molecular weight excluding hydrogens is 226 g/mol. The molecule has 94 valence electrons. The lowest BCUT2D eigenvalue weighted by molar-refractivity contribution is -0.430. The Balaban J connectivity index is 3.09. The largest absolute Gasteiger partial charge is 0.366 e. The fourth-order valence-corrected chi connectivity index (χ4v) is 1.88. The molecule has 0 radical (unpaired) electrons. The number of hydrogen-bond donors (Lipinski definition) is 2. The van der Waals surface area contributed by atoms with Crippen LogP contribution in [-0.4, -0.2) is 27.2 Å². The summed E-state index contributed by atoms with van der Waals surface area (Å²) in [5.41, 5.74) is -1.37. The molecule has 1 aliphatic carbocycles. The monoisotopic (exact) mass is 241 g/mol. The van der Waals surface area contributed by atoms with Gasteiger partial charge >= 0.3 is 0 Å². The summed E-state index contributed by atoms with van der Waals surface area (Å²) in [4.78, 5) is 21.3. The average Bonchev–Trinajstić information content (AvgIpc) is 2.26. The SMILES string of the molecule is C[C@@H](C(C)(O)O)[C@@]1(C=O)C=CC=C([N+](=O)[O-])C1. The van der Waals surface area contributed by atoms with Crippen molar-refractivity contribution in [1.29, 1.82) is 0 Å². The molecule has 2 N–H and O–H groups in total. The zero-order valence-corrected chi connectivity index (χ0v) is 9.66. The van der Waals surface area contributed by atoms with Crippen LogP contribution >= 0.6 is 0 Å². The van der Waals surface area contributed by atoms with E-state index in [0.717, 1.165) is 6.92 Å². The Kier molecular flexibility index (Phi) is 3.49. The standard InChI is InChI=1S/C11H15NO5/c1-8(10(2,14)15)11(7-13)5-3-4-9(6-11)12(16)17/h3-5,7-8,14-15H,6H2,1-2H3/t8-,11-/m0/s1. The summed E-state index contributed by atoms with van der Waals surface area (Å²) < 4.78 is 0. The number of aliphatic hydroxyl groups is 2. The first kappa shape index (κ1) is 13.5. The van der Waals surface area contributed by atoms with Crippen molar-refractivity contribution in [1.82, 2.24) is 0 Å². The maximum Gasteiger partial charge on any atom is 0.247 e. The van der Waals surface area contributed by atoms with Crippen molar-refractivity contribution in [3.63, 3.8) is 0 Å². The Bertz CT molecular complexity index is 393. The average molecular weight is 241 g/mol. The van der Waals surface area contributed by atoms with E-state index in [1.165, 1.54) is 25.2 Å². The second-order valence-corrected chi connectivity index (χ2v) is 4.50. The van der Waals surface area contributed by atoms with E-state index in [-0.39, 0.29) is 12.1 Å². The van der Waals surface area contributed by atoms with Gasteiger partial charge in [-0.2, -0.15) is 0 Å². The van der Waals surface area contributed by atoms with Crippen LogP contribution in [0.4, 0.5) is 0 Å². The predicted octanol–water partition coefficient (Wildman–Crippen LogP) is 0.629. The lowest BCUT2D eigenvalue weighted by Crippen LogP contribution is -2.45. The first-order valence-electron chi connectivity index (χ1n) is 5.17. The number of rotatable bonds is 4. The van der Waals surface area contributed by atoms with Gasteiger partial charge in [-0.25, -0.2) is 0 Å². The van der Waals surface area contributed by atoms with Crippen LogP contribution in [0.25, 0.3) is 0 Å². The lowest BCUT2D eigenvalue weighted by Gasteiger charge is -2.37. The molecule has 0 bridgehead atoms. The first-order chi connectivity index (χ1) is 7.73. The molecule has 0 aliphatic heterocycles. The van der Waals surface area contributed by atoms with Crippen LogP contribution in [0.5, 0.6) is 0 Å².